The Morgan fingerprint density at radius 1 is 1.25 bits per heavy atom. The molecule has 7 heteroatoms. The molecular formula is C17H25N3O4. The summed E-state index contributed by atoms with van der Waals surface area (Å²) >= 11 is 0. The van der Waals surface area contributed by atoms with Crippen LogP contribution in [-0.4, -0.2) is 51.4 Å². The van der Waals surface area contributed by atoms with Crippen LogP contribution in [0.5, 0.6) is 5.75 Å². The molecule has 2 amide bonds. The van der Waals surface area contributed by atoms with Gasteiger partial charge in [-0.1, -0.05) is 25.1 Å². The Kier molecular flexibility index (Phi) is 9.87. The van der Waals surface area contributed by atoms with E-state index < -0.39 is 0 Å². The Bertz CT molecular complexity index is 522. The second-order valence-electron chi connectivity index (χ2n) is 5.30. The first-order chi connectivity index (χ1) is 11.7. The van der Waals surface area contributed by atoms with Crippen molar-refractivity contribution in [3.8, 4) is 5.75 Å². The second-order valence-corrected chi connectivity index (χ2v) is 5.30. The molecule has 0 aliphatic heterocycles. The molecule has 1 aromatic rings. The van der Waals surface area contributed by atoms with E-state index in [-0.39, 0.29) is 24.9 Å². The van der Waals surface area contributed by atoms with E-state index in [1.807, 2.05) is 24.3 Å². The molecule has 0 bridgehead atoms. The van der Waals surface area contributed by atoms with Gasteiger partial charge in [-0.05, 0) is 24.0 Å². The van der Waals surface area contributed by atoms with E-state index in [4.69, 9.17) is 4.74 Å². The smallest absolute Gasteiger partial charge is 0.234 e. The van der Waals surface area contributed by atoms with Crippen LogP contribution in [0.2, 0.25) is 0 Å². The van der Waals surface area contributed by atoms with Gasteiger partial charge < -0.3 is 25.5 Å². The average molecular weight is 335 g/mol. The van der Waals surface area contributed by atoms with E-state index >= 15 is 0 Å². The molecule has 24 heavy (non-hydrogen) atoms. The van der Waals surface area contributed by atoms with Gasteiger partial charge in [0.1, 0.15) is 18.6 Å². The molecule has 0 aliphatic rings. The second kappa shape index (κ2) is 12.1. The maximum absolute atomic E-state index is 11.3. The first-order valence-electron chi connectivity index (χ1n) is 7.98. The molecule has 0 spiro atoms. The molecule has 0 aliphatic carbocycles. The summed E-state index contributed by atoms with van der Waals surface area (Å²) in [5.74, 6) is 0.845. The third-order valence-corrected chi connectivity index (χ3v) is 3.46. The molecule has 0 saturated heterocycles. The summed E-state index contributed by atoms with van der Waals surface area (Å²) in [7, 11) is 0. The maximum atomic E-state index is 11.3. The van der Waals surface area contributed by atoms with Gasteiger partial charge in [0.15, 0.2) is 0 Å². The lowest BCUT2D eigenvalue weighted by molar-refractivity contribution is -0.121. The number of carbonyl (C=O) groups is 3. The van der Waals surface area contributed by atoms with E-state index in [1.165, 1.54) is 0 Å². The fraction of sp³-hybridized carbons (Fsp3) is 0.471. The van der Waals surface area contributed by atoms with Crippen molar-refractivity contribution < 1.29 is 19.1 Å². The van der Waals surface area contributed by atoms with Crippen molar-refractivity contribution >= 4 is 18.6 Å². The molecular weight excluding hydrogens is 310 g/mol. The van der Waals surface area contributed by atoms with Gasteiger partial charge in [-0.2, -0.15) is 0 Å². The minimum Gasteiger partial charge on any atom is -0.492 e. The van der Waals surface area contributed by atoms with Gasteiger partial charge in [0.05, 0.1) is 13.1 Å². The minimum absolute atomic E-state index is 0.0290. The number of benzene rings is 1. The molecule has 0 fully saturated rings. The first kappa shape index (κ1) is 19.6. The number of hydrogen-bond donors (Lipinski definition) is 3. The van der Waals surface area contributed by atoms with Crippen LogP contribution in [0.4, 0.5) is 0 Å². The number of nitrogens with one attached hydrogen (secondary N) is 3. The predicted octanol–water partition coefficient (Wildman–Crippen LogP) is 0.210. The van der Waals surface area contributed by atoms with Gasteiger partial charge in [0.2, 0.25) is 12.3 Å². The summed E-state index contributed by atoms with van der Waals surface area (Å²) in [5, 5.41) is 8.06. The summed E-state index contributed by atoms with van der Waals surface area (Å²) in [5.41, 5.74) is 1.09. The Balaban J connectivity index is 2.35. The van der Waals surface area contributed by atoms with E-state index in [0.29, 0.717) is 32.4 Å². The number of ether oxygens (including phenoxy) is 1. The van der Waals surface area contributed by atoms with Gasteiger partial charge in [0, 0.05) is 13.1 Å². The van der Waals surface area contributed by atoms with Crippen molar-refractivity contribution in [2.45, 2.75) is 19.3 Å². The van der Waals surface area contributed by atoms with Crippen LogP contribution >= 0.6 is 0 Å². The van der Waals surface area contributed by atoms with Gasteiger partial charge in [-0.25, -0.2) is 0 Å². The Labute approximate surface area is 142 Å². The number of aldehydes is 1. The van der Waals surface area contributed by atoms with Crippen LogP contribution < -0.4 is 20.7 Å². The minimum atomic E-state index is -0.223. The molecule has 0 radical (unpaired) electrons. The average Bonchev–Trinajstić information content (AvgIpc) is 2.60. The molecule has 1 atom stereocenters. The number of amides is 2. The standard InChI is InChI=1S/C17H25N3O4/c1-14(6-7-19-13-22)15-4-2-3-5-16(15)24-11-9-18-12-17(23)20-8-10-21/h2-5,10,13-14,18H,6-9,11-12H2,1H3,(H,19,22)(H,20,23). The van der Waals surface area contributed by atoms with E-state index in [2.05, 4.69) is 22.9 Å². The zero-order chi connectivity index (χ0) is 17.6. The van der Waals surface area contributed by atoms with E-state index in [9.17, 15) is 14.4 Å². The van der Waals surface area contributed by atoms with Crippen LogP contribution in [0.3, 0.4) is 0 Å². The van der Waals surface area contributed by atoms with Gasteiger partial charge in [-0.15, -0.1) is 0 Å². The molecule has 132 valence electrons. The first-order valence-corrected chi connectivity index (χ1v) is 7.98. The molecule has 1 rings (SSSR count). The maximum Gasteiger partial charge on any atom is 0.234 e. The molecule has 0 saturated carbocycles. The highest BCUT2D eigenvalue weighted by Crippen LogP contribution is 2.28. The van der Waals surface area contributed by atoms with Crippen molar-refractivity contribution in [1.29, 1.82) is 0 Å². The molecule has 0 aromatic heterocycles. The highest BCUT2D eigenvalue weighted by atomic mass is 16.5. The fourth-order valence-corrected chi connectivity index (χ4v) is 2.19. The monoisotopic (exact) mass is 335 g/mol. The summed E-state index contributed by atoms with van der Waals surface area (Å²) < 4.78 is 5.79. The van der Waals surface area contributed by atoms with Gasteiger partial charge in [0.25, 0.3) is 0 Å². The molecule has 0 heterocycles. The summed E-state index contributed by atoms with van der Waals surface area (Å²) in [6, 6.07) is 7.80. The highest BCUT2D eigenvalue weighted by molar-refractivity contribution is 5.80. The fourth-order valence-electron chi connectivity index (χ4n) is 2.19. The SMILES string of the molecule is CC(CCNC=O)c1ccccc1OCCNCC(=O)NCC=O. The normalized spacial score (nSPS) is 11.4. The Morgan fingerprint density at radius 2 is 2.04 bits per heavy atom. The lowest BCUT2D eigenvalue weighted by atomic mass is 9.97. The highest BCUT2D eigenvalue weighted by Gasteiger charge is 2.11. The van der Waals surface area contributed by atoms with Crippen LogP contribution in [0.15, 0.2) is 24.3 Å². The van der Waals surface area contributed by atoms with E-state index in [0.717, 1.165) is 17.7 Å². The zero-order valence-electron chi connectivity index (χ0n) is 13.9. The van der Waals surface area contributed by atoms with Gasteiger partial charge >= 0.3 is 0 Å². The Hall–Kier alpha value is -2.41. The number of para-hydroxylation sites is 1. The van der Waals surface area contributed by atoms with Crippen molar-refractivity contribution in [2.24, 2.45) is 0 Å². The van der Waals surface area contributed by atoms with Crippen LogP contribution in [0.1, 0.15) is 24.8 Å². The van der Waals surface area contributed by atoms with Crippen LogP contribution in [0, 0.1) is 0 Å². The topological polar surface area (TPSA) is 96.5 Å². The Morgan fingerprint density at radius 3 is 2.79 bits per heavy atom. The quantitative estimate of drug-likeness (QED) is 0.354. The zero-order valence-corrected chi connectivity index (χ0v) is 13.9. The van der Waals surface area contributed by atoms with Crippen LogP contribution in [-0.2, 0) is 14.4 Å². The lowest BCUT2D eigenvalue weighted by Crippen LogP contribution is -2.36. The number of hydrogen-bond acceptors (Lipinski definition) is 5. The number of rotatable bonds is 13. The van der Waals surface area contributed by atoms with Gasteiger partial charge in [-0.3, -0.25) is 9.59 Å². The van der Waals surface area contributed by atoms with Crippen molar-refractivity contribution in [3.05, 3.63) is 29.8 Å². The summed E-state index contributed by atoms with van der Waals surface area (Å²) in [4.78, 5) is 31.7. The third-order valence-electron chi connectivity index (χ3n) is 3.46. The van der Waals surface area contributed by atoms with Crippen molar-refractivity contribution in [1.82, 2.24) is 16.0 Å². The molecule has 3 N–H and O–H groups in total. The lowest BCUT2D eigenvalue weighted by Gasteiger charge is -2.17. The summed E-state index contributed by atoms with van der Waals surface area (Å²) in [6.45, 7) is 3.83. The number of carbonyl (C=O) groups excluding carboxylic acids is 3. The largest absolute Gasteiger partial charge is 0.492 e. The summed E-state index contributed by atoms with van der Waals surface area (Å²) in [6.07, 6.45) is 2.17. The van der Waals surface area contributed by atoms with Crippen molar-refractivity contribution in [2.75, 3.05) is 32.8 Å². The molecule has 1 unspecified atom stereocenters. The predicted molar refractivity (Wildman–Crippen MR) is 91.0 cm³/mol. The van der Waals surface area contributed by atoms with E-state index in [1.54, 1.807) is 0 Å². The molecule has 7 nitrogen and oxygen atoms in total. The molecule has 1 aromatic carbocycles. The van der Waals surface area contributed by atoms with Crippen LogP contribution in [0.25, 0.3) is 0 Å². The third kappa shape index (κ3) is 7.73. The van der Waals surface area contributed by atoms with Crippen molar-refractivity contribution in [3.63, 3.8) is 0 Å².